The minimum atomic E-state index is 0. The van der Waals surface area contributed by atoms with Gasteiger partial charge in [-0.2, -0.15) is 0 Å². The van der Waals surface area contributed by atoms with E-state index in [1.54, 1.807) is 0 Å². The molecule has 0 radical (unpaired) electrons. The molecule has 0 heterocycles. The van der Waals surface area contributed by atoms with Gasteiger partial charge in [0.25, 0.3) is 0 Å². The van der Waals surface area contributed by atoms with Crippen LogP contribution in [0.2, 0.25) is 0 Å². The second-order valence-electron chi connectivity index (χ2n) is 0. The Balaban J connectivity index is -0.00000000500. The topological polar surface area (TPSA) is 0 Å². The average Bonchev–Trinajstić information content (AvgIpc) is 1.00. The van der Waals surface area contributed by atoms with Gasteiger partial charge in [0.1, 0.15) is 0 Å². The molecular weight excluding hydrogens is 220 g/mol. The van der Waals surface area contributed by atoms with Crippen LogP contribution in [0.15, 0.2) is 0 Å². The normalized spacial score (nSPS) is 1.50. The van der Waals surface area contributed by atoms with Gasteiger partial charge in [-0.25, -0.2) is 0 Å². The van der Waals surface area contributed by atoms with Crippen molar-refractivity contribution < 1.29 is 34.0 Å². The molecular formula is Br2SSi. The third-order valence-corrected chi connectivity index (χ3v) is 0. The third kappa shape index (κ3) is 10.0. The first-order valence-corrected chi connectivity index (χ1v) is 1.84. The fraction of sp³-hybridized carbons (Fsp3) is 0. The standard InChI is InChI=1S/2BrH.SSi/c;;1-2/h2*1H;/q;;+2/p-2. The molecule has 0 saturated carbocycles. The number of hydrogen-bond acceptors (Lipinski definition) is 1. The van der Waals surface area contributed by atoms with Crippen molar-refractivity contribution in [3.8, 4) is 0 Å². The summed E-state index contributed by atoms with van der Waals surface area (Å²) in [6.07, 6.45) is 0. The van der Waals surface area contributed by atoms with Crippen molar-refractivity contribution in [3.63, 3.8) is 0 Å². The van der Waals surface area contributed by atoms with Crippen LogP contribution in [-0.2, 0) is 0 Å². The van der Waals surface area contributed by atoms with Crippen molar-refractivity contribution in [1.82, 2.24) is 0 Å². The van der Waals surface area contributed by atoms with E-state index in [4.69, 9.17) is 0 Å². The first-order chi connectivity index (χ1) is 1.00. The van der Waals surface area contributed by atoms with Crippen molar-refractivity contribution in [2.24, 2.45) is 0 Å². The zero-order chi connectivity index (χ0) is 2.00. The molecule has 0 N–H and O–H groups in total. The zero-order valence-corrected chi connectivity index (χ0v) is 6.65. The van der Waals surface area contributed by atoms with E-state index in [0.717, 1.165) is 0 Å². The SMILES string of the molecule is [Br-].[Br-].[Si+2]=S. The van der Waals surface area contributed by atoms with Crippen molar-refractivity contribution in [3.05, 3.63) is 0 Å². The van der Waals surface area contributed by atoms with Gasteiger partial charge < -0.3 is 34.0 Å². The minimum absolute atomic E-state index is 0. The van der Waals surface area contributed by atoms with Gasteiger partial charge in [0.05, 0.1) is 0 Å². The van der Waals surface area contributed by atoms with E-state index in [-0.39, 0.29) is 34.0 Å². The van der Waals surface area contributed by atoms with E-state index < -0.39 is 0 Å². The van der Waals surface area contributed by atoms with E-state index in [1.165, 1.54) is 0 Å². The summed E-state index contributed by atoms with van der Waals surface area (Å²) in [6.45, 7) is 0. The van der Waals surface area contributed by atoms with Crippen LogP contribution >= 0.6 is 11.6 Å². The van der Waals surface area contributed by atoms with E-state index in [2.05, 4.69) is 20.6 Å². The predicted octanol–water partition coefficient (Wildman–Crippen LogP) is -5.72. The first kappa shape index (κ1) is 18.2. The fourth-order valence-electron chi connectivity index (χ4n) is 0. The summed E-state index contributed by atoms with van der Waals surface area (Å²) in [7, 11) is 2.56. The van der Waals surface area contributed by atoms with Crippen molar-refractivity contribution in [1.29, 1.82) is 0 Å². The first-order valence-electron chi connectivity index (χ1n) is 0.204. The fourth-order valence-corrected chi connectivity index (χ4v) is 0. The molecule has 0 aromatic heterocycles. The maximum absolute atomic E-state index is 3.89. The molecule has 0 nitrogen and oxygen atoms in total. The molecule has 0 fully saturated rings. The Labute approximate surface area is 54.5 Å². The second kappa shape index (κ2) is 26.0. The summed E-state index contributed by atoms with van der Waals surface area (Å²) in [5, 5.41) is 0. The quantitative estimate of drug-likeness (QED) is 0.366. The van der Waals surface area contributed by atoms with Gasteiger partial charge in [0, 0.05) is 0 Å². The van der Waals surface area contributed by atoms with E-state index in [1.807, 2.05) is 0 Å². The molecule has 0 aliphatic carbocycles. The van der Waals surface area contributed by atoms with Crippen LogP contribution in [0, 0.1) is 0 Å². The maximum atomic E-state index is 3.89. The van der Waals surface area contributed by atoms with Gasteiger partial charge in [-0.15, -0.1) is 0 Å². The molecule has 4 heavy (non-hydrogen) atoms. The molecule has 0 unspecified atom stereocenters. The molecule has 0 aromatic carbocycles. The summed E-state index contributed by atoms with van der Waals surface area (Å²) in [5.41, 5.74) is 0. The average molecular weight is 220 g/mol. The van der Waals surface area contributed by atoms with Gasteiger partial charge in [-0.1, -0.05) is 0 Å². The van der Waals surface area contributed by atoms with Gasteiger partial charge in [0.15, 0.2) is 0 Å². The Hall–Kier alpha value is 1.40. The Morgan fingerprint density at radius 1 is 1.00 bits per heavy atom. The summed E-state index contributed by atoms with van der Waals surface area (Å²) in [5.74, 6) is 0. The molecule has 0 atom stereocenters. The van der Waals surface area contributed by atoms with E-state index in [9.17, 15) is 0 Å². The number of halogens is 2. The van der Waals surface area contributed by atoms with E-state index >= 15 is 0 Å². The molecule has 0 bridgehead atoms. The van der Waals surface area contributed by atoms with Crippen LogP contribution in [-0.4, -0.2) is 8.95 Å². The second-order valence-corrected chi connectivity index (χ2v) is 0. The van der Waals surface area contributed by atoms with Crippen LogP contribution in [0.5, 0.6) is 0 Å². The molecule has 0 rings (SSSR count). The molecule has 0 spiro atoms. The Morgan fingerprint density at radius 2 is 1.00 bits per heavy atom. The Kier molecular flexibility index (Phi) is 118. The monoisotopic (exact) mass is 218 g/mol. The third-order valence-electron chi connectivity index (χ3n) is 0. The molecule has 24 valence electrons. The van der Waals surface area contributed by atoms with Crippen LogP contribution in [0.1, 0.15) is 0 Å². The van der Waals surface area contributed by atoms with Crippen LogP contribution < -0.4 is 34.0 Å². The van der Waals surface area contributed by atoms with Crippen molar-refractivity contribution in [2.45, 2.75) is 0 Å². The van der Waals surface area contributed by atoms with Gasteiger partial charge in [0.2, 0.25) is 0 Å². The predicted molar refractivity (Wildman–Crippen MR) is 13.3 cm³/mol. The van der Waals surface area contributed by atoms with Crippen LogP contribution in [0.25, 0.3) is 0 Å². The van der Waals surface area contributed by atoms with Gasteiger partial charge in [-0.05, 0) is 0 Å². The molecule has 0 aromatic rings. The van der Waals surface area contributed by atoms with Gasteiger partial charge >= 0.3 is 20.6 Å². The molecule has 0 aliphatic rings. The van der Waals surface area contributed by atoms with Gasteiger partial charge in [-0.3, -0.25) is 0 Å². The van der Waals surface area contributed by atoms with Crippen LogP contribution in [0.3, 0.4) is 0 Å². The molecule has 0 aliphatic heterocycles. The molecule has 4 heteroatoms. The van der Waals surface area contributed by atoms with E-state index in [0.29, 0.717) is 0 Å². The molecule has 0 saturated heterocycles. The summed E-state index contributed by atoms with van der Waals surface area (Å²) in [6, 6.07) is 0. The summed E-state index contributed by atoms with van der Waals surface area (Å²) >= 11 is 3.89. The van der Waals surface area contributed by atoms with Crippen LogP contribution in [0.4, 0.5) is 0 Å². The van der Waals surface area contributed by atoms with Crippen molar-refractivity contribution in [2.75, 3.05) is 0 Å². The number of hydrogen-bond donors (Lipinski definition) is 0. The zero-order valence-electron chi connectivity index (χ0n) is 1.66. The summed E-state index contributed by atoms with van der Waals surface area (Å²) < 4.78 is 0. The van der Waals surface area contributed by atoms with Crippen molar-refractivity contribution >= 4 is 20.6 Å². The number of rotatable bonds is 0. The summed E-state index contributed by atoms with van der Waals surface area (Å²) in [4.78, 5) is 0. The Morgan fingerprint density at radius 3 is 1.00 bits per heavy atom. The Bertz CT molecular complexity index is 6.00. The molecule has 0 amide bonds.